The smallest absolute Gasteiger partial charge is 0.356 e. The van der Waals surface area contributed by atoms with E-state index >= 15 is 0 Å². The summed E-state index contributed by atoms with van der Waals surface area (Å²) in [6.07, 6.45) is 0. The molecule has 0 saturated heterocycles. The number of ether oxygens (including phenoxy) is 1. The minimum absolute atomic E-state index is 0.202. The summed E-state index contributed by atoms with van der Waals surface area (Å²) in [5.41, 5.74) is 8.43. The highest BCUT2D eigenvalue weighted by Gasteiger charge is 2.11. The van der Waals surface area contributed by atoms with Gasteiger partial charge in [-0.2, -0.15) is 0 Å². The number of halogens is 1. The number of nitrogens with one attached hydrogen (secondary N) is 1. The van der Waals surface area contributed by atoms with Crippen molar-refractivity contribution in [3.05, 3.63) is 46.1 Å². The summed E-state index contributed by atoms with van der Waals surface area (Å²) >= 11 is 3.50. The van der Waals surface area contributed by atoms with Crippen molar-refractivity contribution < 1.29 is 9.53 Å². The predicted octanol–water partition coefficient (Wildman–Crippen LogP) is 3.26. The number of benzene rings is 1. The van der Waals surface area contributed by atoms with E-state index in [0.29, 0.717) is 11.5 Å². The van der Waals surface area contributed by atoms with E-state index in [9.17, 15) is 4.79 Å². The zero-order valence-corrected chi connectivity index (χ0v) is 12.7. The van der Waals surface area contributed by atoms with Gasteiger partial charge in [-0.3, -0.25) is 0 Å². The third-order valence-corrected chi connectivity index (χ3v) is 3.82. The van der Waals surface area contributed by atoms with Crippen molar-refractivity contribution in [3.8, 4) is 0 Å². The molecule has 0 radical (unpaired) electrons. The number of hydrogen-bond acceptors (Lipinski definition) is 5. The Morgan fingerprint density at radius 3 is 2.80 bits per heavy atom. The van der Waals surface area contributed by atoms with Crippen LogP contribution in [0.2, 0.25) is 0 Å². The van der Waals surface area contributed by atoms with Crippen LogP contribution >= 0.6 is 15.9 Å². The maximum atomic E-state index is 11.5. The van der Waals surface area contributed by atoms with E-state index < -0.39 is 5.97 Å². The molecule has 0 aliphatic rings. The second-order valence-electron chi connectivity index (χ2n) is 4.19. The average molecular weight is 336 g/mol. The number of esters is 1. The van der Waals surface area contributed by atoms with Crippen molar-refractivity contribution >= 4 is 39.1 Å². The van der Waals surface area contributed by atoms with Gasteiger partial charge in [-0.15, -0.1) is 0 Å². The Balaban J connectivity index is 2.38. The molecule has 0 saturated carbocycles. The number of carbonyl (C=O) groups excluding carboxylic acids is 1. The van der Waals surface area contributed by atoms with Crippen LogP contribution in [-0.4, -0.2) is 18.1 Å². The first kappa shape index (κ1) is 14.3. The largest absolute Gasteiger partial charge is 0.464 e. The number of hydrogen-bond donors (Lipinski definition) is 2. The highest BCUT2D eigenvalue weighted by Crippen LogP contribution is 2.30. The van der Waals surface area contributed by atoms with Crippen LogP contribution in [0.5, 0.6) is 0 Å². The molecule has 5 nitrogen and oxygen atoms in total. The van der Waals surface area contributed by atoms with E-state index in [2.05, 4.69) is 31.0 Å². The average Bonchev–Trinajstić information content (AvgIpc) is 2.45. The SMILES string of the molecule is COC(=O)c1ccc(N)c(Nc2cccc(C)c2Br)n1. The van der Waals surface area contributed by atoms with Crippen molar-refractivity contribution in [2.45, 2.75) is 6.92 Å². The number of nitrogens with two attached hydrogens (primary N) is 1. The molecular weight excluding hydrogens is 322 g/mol. The summed E-state index contributed by atoms with van der Waals surface area (Å²) in [7, 11) is 1.31. The van der Waals surface area contributed by atoms with Crippen LogP contribution in [0.25, 0.3) is 0 Å². The third kappa shape index (κ3) is 2.91. The molecule has 1 heterocycles. The second kappa shape index (κ2) is 5.92. The Hall–Kier alpha value is -2.08. The summed E-state index contributed by atoms with van der Waals surface area (Å²) < 4.78 is 5.57. The van der Waals surface area contributed by atoms with Crippen LogP contribution in [0.4, 0.5) is 17.2 Å². The number of aromatic nitrogens is 1. The van der Waals surface area contributed by atoms with Crippen LogP contribution < -0.4 is 11.1 Å². The molecule has 3 N–H and O–H groups in total. The number of nitrogens with zero attached hydrogens (tertiary/aromatic N) is 1. The summed E-state index contributed by atoms with van der Waals surface area (Å²) in [6, 6.07) is 8.94. The lowest BCUT2D eigenvalue weighted by Gasteiger charge is -2.12. The minimum Gasteiger partial charge on any atom is -0.464 e. The summed E-state index contributed by atoms with van der Waals surface area (Å²) in [5.74, 6) is -0.0874. The normalized spacial score (nSPS) is 10.2. The lowest BCUT2D eigenvalue weighted by atomic mass is 10.2. The first-order chi connectivity index (χ1) is 9.52. The number of rotatable bonds is 3. The molecule has 0 atom stereocenters. The molecule has 20 heavy (non-hydrogen) atoms. The van der Waals surface area contributed by atoms with E-state index in [1.165, 1.54) is 13.2 Å². The molecule has 1 aromatic carbocycles. The van der Waals surface area contributed by atoms with Crippen LogP contribution in [0.1, 0.15) is 16.1 Å². The van der Waals surface area contributed by atoms with E-state index in [-0.39, 0.29) is 5.69 Å². The molecule has 6 heteroatoms. The fraction of sp³-hybridized carbons (Fsp3) is 0.143. The molecule has 1 aromatic heterocycles. The van der Waals surface area contributed by atoms with Gasteiger partial charge in [-0.1, -0.05) is 12.1 Å². The lowest BCUT2D eigenvalue weighted by Crippen LogP contribution is -2.08. The summed E-state index contributed by atoms with van der Waals surface area (Å²) in [4.78, 5) is 15.7. The number of nitrogen functional groups attached to an aromatic ring is 1. The monoisotopic (exact) mass is 335 g/mol. The summed E-state index contributed by atoms with van der Waals surface area (Å²) in [5, 5.41) is 3.11. The first-order valence-corrected chi connectivity index (χ1v) is 6.69. The van der Waals surface area contributed by atoms with Gasteiger partial charge < -0.3 is 15.8 Å². The molecule has 0 aliphatic heterocycles. The standard InChI is InChI=1S/C14H14BrN3O2/c1-8-4-3-5-10(12(8)15)17-13-9(16)6-7-11(18-13)14(19)20-2/h3-7H,16H2,1-2H3,(H,17,18). The van der Waals surface area contributed by atoms with Gasteiger partial charge in [0.15, 0.2) is 11.5 Å². The van der Waals surface area contributed by atoms with Crippen molar-refractivity contribution in [2.75, 3.05) is 18.2 Å². The fourth-order valence-corrected chi connectivity index (χ4v) is 2.02. The van der Waals surface area contributed by atoms with Crippen LogP contribution in [-0.2, 0) is 4.74 Å². The second-order valence-corrected chi connectivity index (χ2v) is 4.98. The number of pyridine rings is 1. The lowest BCUT2D eigenvalue weighted by molar-refractivity contribution is 0.0594. The molecular formula is C14H14BrN3O2. The van der Waals surface area contributed by atoms with Gasteiger partial charge in [-0.05, 0) is 46.6 Å². The Morgan fingerprint density at radius 2 is 2.10 bits per heavy atom. The number of carbonyl (C=O) groups is 1. The Morgan fingerprint density at radius 1 is 1.35 bits per heavy atom. The van der Waals surface area contributed by atoms with Crippen LogP contribution in [0.15, 0.2) is 34.8 Å². The molecule has 104 valence electrons. The molecule has 2 rings (SSSR count). The van der Waals surface area contributed by atoms with Gasteiger partial charge in [0.25, 0.3) is 0 Å². The third-order valence-electron chi connectivity index (χ3n) is 2.77. The topological polar surface area (TPSA) is 77.2 Å². The maximum absolute atomic E-state index is 11.5. The molecule has 0 bridgehead atoms. The molecule has 0 unspecified atom stereocenters. The number of methoxy groups -OCH3 is 1. The van der Waals surface area contributed by atoms with Gasteiger partial charge >= 0.3 is 5.97 Å². The summed E-state index contributed by atoms with van der Waals surface area (Å²) in [6.45, 7) is 1.98. The predicted molar refractivity (Wildman–Crippen MR) is 82.2 cm³/mol. The molecule has 0 spiro atoms. The van der Waals surface area contributed by atoms with Crippen LogP contribution in [0.3, 0.4) is 0 Å². The van der Waals surface area contributed by atoms with Crippen molar-refractivity contribution in [1.82, 2.24) is 4.98 Å². The van der Waals surface area contributed by atoms with Gasteiger partial charge in [0.05, 0.1) is 18.5 Å². The minimum atomic E-state index is -0.503. The van der Waals surface area contributed by atoms with E-state index in [1.54, 1.807) is 6.07 Å². The Kier molecular flexibility index (Phi) is 4.24. The Labute approximate surface area is 125 Å². The highest BCUT2D eigenvalue weighted by molar-refractivity contribution is 9.10. The van der Waals surface area contributed by atoms with Gasteiger partial charge in [0, 0.05) is 4.47 Å². The zero-order chi connectivity index (χ0) is 14.7. The maximum Gasteiger partial charge on any atom is 0.356 e. The quantitative estimate of drug-likeness (QED) is 0.842. The van der Waals surface area contributed by atoms with E-state index in [1.807, 2.05) is 25.1 Å². The number of anilines is 3. The van der Waals surface area contributed by atoms with Crippen molar-refractivity contribution in [1.29, 1.82) is 0 Å². The van der Waals surface area contributed by atoms with Crippen LogP contribution in [0, 0.1) is 6.92 Å². The molecule has 0 fully saturated rings. The zero-order valence-electron chi connectivity index (χ0n) is 11.1. The van der Waals surface area contributed by atoms with Gasteiger partial charge in [-0.25, -0.2) is 9.78 Å². The molecule has 2 aromatic rings. The van der Waals surface area contributed by atoms with Crippen molar-refractivity contribution in [2.24, 2.45) is 0 Å². The van der Waals surface area contributed by atoms with Gasteiger partial charge in [0.2, 0.25) is 0 Å². The fourth-order valence-electron chi connectivity index (χ4n) is 1.66. The number of aryl methyl sites for hydroxylation is 1. The Bertz CT molecular complexity index is 659. The highest BCUT2D eigenvalue weighted by atomic mass is 79.9. The van der Waals surface area contributed by atoms with E-state index in [0.717, 1.165) is 15.7 Å². The van der Waals surface area contributed by atoms with Crippen molar-refractivity contribution in [3.63, 3.8) is 0 Å². The molecule has 0 aliphatic carbocycles. The molecule has 0 amide bonds. The van der Waals surface area contributed by atoms with Gasteiger partial charge in [0.1, 0.15) is 0 Å². The van der Waals surface area contributed by atoms with E-state index in [4.69, 9.17) is 5.73 Å². The first-order valence-electron chi connectivity index (χ1n) is 5.90.